The second-order valence-corrected chi connectivity index (χ2v) is 3.99. The Morgan fingerprint density at radius 1 is 1.43 bits per heavy atom. The van der Waals surface area contributed by atoms with Crippen molar-refractivity contribution in [2.45, 2.75) is 10.8 Å². The Bertz CT molecular complexity index is 332. The second kappa shape index (κ2) is 4.89. The van der Waals surface area contributed by atoms with Gasteiger partial charge >= 0.3 is 0 Å². The molecule has 2 nitrogen and oxygen atoms in total. The summed E-state index contributed by atoms with van der Waals surface area (Å²) >= 11 is 2.32. The van der Waals surface area contributed by atoms with Crippen LogP contribution < -0.4 is 0 Å². The van der Waals surface area contributed by atoms with Crippen molar-refractivity contribution in [3.8, 4) is 0 Å². The van der Waals surface area contributed by atoms with Crippen molar-refractivity contribution in [1.29, 1.82) is 0 Å². The average Bonchev–Trinajstić information content (AvgIpc) is 2.30. The van der Waals surface area contributed by atoms with Gasteiger partial charge in [-0.2, -0.15) is 0 Å². The fourth-order valence-electron chi connectivity index (χ4n) is 1.48. The van der Waals surface area contributed by atoms with Gasteiger partial charge in [-0.05, 0) is 23.6 Å². The van der Waals surface area contributed by atoms with Crippen LogP contribution in [-0.4, -0.2) is 18.2 Å². The van der Waals surface area contributed by atoms with Crippen molar-refractivity contribution >= 4 is 28.2 Å². The number of alkyl halides is 1. The number of aromatic nitrogens is 1. The molecule has 0 amide bonds. The standard InChI is InChI=1S/C11H12INO/c12-7-11-2-1-10(8-13-11)9-3-5-14-6-4-9/h1-3,8H,4-7H2. The van der Waals surface area contributed by atoms with E-state index in [0.717, 1.165) is 29.8 Å². The van der Waals surface area contributed by atoms with E-state index in [4.69, 9.17) is 4.74 Å². The Hall–Kier alpha value is -0.420. The molecule has 1 aromatic heterocycles. The Kier molecular flexibility index (Phi) is 3.53. The summed E-state index contributed by atoms with van der Waals surface area (Å²) in [5.74, 6) is 0. The lowest BCUT2D eigenvalue weighted by atomic mass is 10.0. The van der Waals surface area contributed by atoms with Crippen LogP contribution in [0.5, 0.6) is 0 Å². The first kappa shape index (κ1) is 10.1. The zero-order valence-electron chi connectivity index (χ0n) is 7.87. The number of hydrogen-bond donors (Lipinski definition) is 0. The third-order valence-electron chi connectivity index (χ3n) is 2.30. The Morgan fingerprint density at radius 2 is 2.36 bits per heavy atom. The van der Waals surface area contributed by atoms with E-state index in [-0.39, 0.29) is 0 Å². The molecule has 0 atom stereocenters. The molecule has 0 spiro atoms. The van der Waals surface area contributed by atoms with Crippen LogP contribution in [0, 0.1) is 0 Å². The number of halogens is 1. The van der Waals surface area contributed by atoms with Crippen molar-refractivity contribution in [3.05, 3.63) is 35.7 Å². The largest absolute Gasteiger partial charge is 0.377 e. The highest BCUT2D eigenvalue weighted by molar-refractivity contribution is 14.1. The van der Waals surface area contributed by atoms with Gasteiger partial charge in [0.05, 0.1) is 18.9 Å². The fourth-order valence-corrected chi connectivity index (χ4v) is 1.93. The summed E-state index contributed by atoms with van der Waals surface area (Å²) in [6.07, 6.45) is 5.11. The van der Waals surface area contributed by atoms with Crippen LogP contribution in [0.25, 0.3) is 5.57 Å². The number of hydrogen-bond acceptors (Lipinski definition) is 2. The highest BCUT2D eigenvalue weighted by Gasteiger charge is 2.06. The SMILES string of the molecule is ICc1ccc(C2=CCOCC2)cn1. The van der Waals surface area contributed by atoms with E-state index in [9.17, 15) is 0 Å². The van der Waals surface area contributed by atoms with E-state index in [1.54, 1.807) is 0 Å². The molecule has 2 heterocycles. The van der Waals surface area contributed by atoms with Gasteiger partial charge in [-0.15, -0.1) is 0 Å². The molecular formula is C11H12INO. The van der Waals surface area contributed by atoms with E-state index in [0.29, 0.717) is 0 Å². The van der Waals surface area contributed by atoms with Crippen LogP contribution in [0.4, 0.5) is 0 Å². The monoisotopic (exact) mass is 301 g/mol. The number of rotatable bonds is 2. The molecule has 0 radical (unpaired) electrons. The van der Waals surface area contributed by atoms with Crippen molar-refractivity contribution in [1.82, 2.24) is 4.98 Å². The van der Waals surface area contributed by atoms with Gasteiger partial charge in [0.25, 0.3) is 0 Å². The molecule has 0 bridgehead atoms. The summed E-state index contributed by atoms with van der Waals surface area (Å²) in [7, 11) is 0. The van der Waals surface area contributed by atoms with E-state index >= 15 is 0 Å². The van der Waals surface area contributed by atoms with Gasteiger partial charge in [-0.1, -0.05) is 34.7 Å². The van der Waals surface area contributed by atoms with E-state index < -0.39 is 0 Å². The Balaban J connectivity index is 2.19. The summed E-state index contributed by atoms with van der Waals surface area (Å²) in [6.45, 7) is 1.57. The Labute approximate surface area is 97.5 Å². The first-order valence-electron chi connectivity index (χ1n) is 4.68. The van der Waals surface area contributed by atoms with Gasteiger partial charge in [0.2, 0.25) is 0 Å². The van der Waals surface area contributed by atoms with E-state index in [1.807, 2.05) is 6.20 Å². The van der Waals surface area contributed by atoms with Gasteiger partial charge in [0, 0.05) is 10.6 Å². The third-order valence-corrected chi connectivity index (χ3v) is 3.08. The summed E-state index contributed by atoms with van der Waals surface area (Å²) in [6, 6.07) is 4.25. The smallest absolute Gasteiger partial charge is 0.0653 e. The minimum Gasteiger partial charge on any atom is -0.377 e. The summed E-state index contributed by atoms with van der Waals surface area (Å²) in [5.41, 5.74) is 3.74. The second-order valence-electron chi connectivity index (χ2n) is 3.23. The zero-order chi connectivity index (χ0) is 9.80. The predicted molar refractivity (Wildman–Crippen MR) is 65.4 cm³/mol. The topological polar surface area (TPSA) is 22.1 Å². The van der Waals surface area contributed by atoms with E-state index in [1.165, 1.54) is 11.1 Å². The van der Waals surface area contributed by atoms with Crippen molar-refractivity contribution in [2.24, 2.45) is 0 Å². The van der Waals surface area contributed by atoms with Gasteiger partial charge < -0.3 is 4.74 Å². The van der Waals surface area contributed by atoms with Gasteiger partial charge in [0.15, 0.2) is 0 Å². The molecule has 0 aliphatic carbocycles. The molecule has 0 unspecified atom stereocenters. The van der Waals surface area contributed by atoms with Crippen molar-refractivity contribution in [3.63, 3.8) is 0 Å². The minimum atomic E-state index is 0.739. The van der Waals surface area contributed by atoms with E-state index in [2.05, 4.69) is 45.8 Å². The number of ether oxygens (including phenoxy) is 1. The highest BCUT2D eigenvalue weighted by atomic mass is 127. The molecule has 14 heavy (non-hydrogen) atoms. The molecule has 2 rings (SSSR count). The van der Waals surface area contributed by atoms with Crippen molar-refractivity contribution in [2.75, 3.05) is 13.2 Å². The molecule has 0 fully saturated rings. The normalized spacial score (nSPS) is 16.5. The summed E-state index contributed by atoms with van der Waals surface area (Å²) in [4.78, 5) is 4.38. The van der Waals surface area contributed by atoms with Gasteiger partial charge in [-0.25, -0.2) is 0 Å². The maximum absolute atomic E-state index is 5.27. The first-order chi connectivity index (χ1) is 6.90. The third kappa shape index (κ3) is 2.33. The van der Waals surface area contributed by atoms with Crippen LogP contribution in [-0.2, 0) is 9.16 Å². The Morgan fingerprint density at radius 3 is 2.93 bits per heavy atom. The van der Waals surface area contributed by atoms with Crippen LogP contribution in [0.2, 0.25) is 0 Å². The quantitative estimate of drug-likeness (QED) is 0.619. The molecule has 1 aromatic rings. The van der Waals surface area contributed by atoms with Gasteiger partial charge in [0.1, 0.15) is 0 Å². The molecular weight excluding hydrogens is 289 g/mol. The van der Waals surface area contributed by atoms with Gasteiger partial charge in [-0.3, -0.25) is 4.98 Å². The molecule has 0 N–H and O–H groups in total. The van der Waals surface area contributed by atoms with Crippen LogP contribution in [0.15, 0.2) is 24.4 Å². The lowest BCUT2D eigenvalue weighted by molar-refractivity contribution is 0.161. The molecule has 74 valence electrons. The molecule has 0 saturated heterocycles. The van der Waals surface area contributed by atoms with Crippen LogP contribution in [0.1, 0.15) is 17.7 Å². The lowest BCUT2D eigenvalue weighted by Crippen LogP contribution is -2.04. The molecule has 0 saturated carbocycles. The molecule has 3 heteroatoms. The number of nitrogens with zero attached hydrogens (tertiary/aromatic N) is 1. The first-order valence-corrected chi connectivity index (χ1v) is 6.21. The molecule has 0 aromatic carbocycles. The highest BCUT2D eigenvalue weighted by Crippen LogP contribution is 2.20. The maximum atomic E-state index is 5.27. The van der Waals surface area contributed by atoms with Crippen molar-refractivity contribution < 1.29 is 4.74 Å². The lowest BCUT2D eigenvalue weighted by Gasteiger charge is -2.13. The average molecular weight is 301 g/mol. The van der Waals surface area contributed by atoms with Crippen LogP contribution in [0.3, 0.4) is 0 Å². The number of pyridine rings is 1. The predicted octanol–water partition coefficient (Wildman–Crippen LogP) is 2.82. The molecule has 1 aliphatic heterocycles. The summed E-state index contributed by atoms with van der Waals surface area (Å²) < 4.78 is 6.24. The minimum absolute atomic E-state index is 0.739. The molecule has 1 aliphatic rings. The fraction of sp³-hybridized carbons (Fsp3) is 0.364. The van der Waals surface area contributed by atoms with Crippen LogP contribution >= 0.6 is 22.6 Å². The zero-order valence-corrected chi connectivity index (χ0v) is 10.0. The summed E-state index contributed by atoms with van der Waals surface area (Å²) in [5, 5.41) is 0. The maximum Gasteiger partial charge on any atom is 0.0653 e.